The average Bonchev–Trinajstić information content (AvgIpc) is 2.89. The molecule has 0 spiro atoms. The van der Waals surface area contributed by atoms with Crippen LogP contribution in [-0.4, -0.2) is 41.9 Å². The fourth-order valence-corrected chi connectivity index (χ4v) is 4.03. The first-order valence-electron chi connectivity index (χ1n) is 6.35. The molecule has 0 amide bonds. The molecule has 0 bridgehead atoms. The summed E-state index contributed by atoms with van der Waals surface area (Å²) in [7, 11) is -3.82. The van der Waals surface area contributed by atoms with E-state index < -0.39 is 26.7 Å². The van der Waals surface area contributed by atoms with Gasteiger partial charge in [-0.3, -0.25) is 10.1 Å². The van der Waals surface area contributed by atoms with Crippen molar-refractivity contribution >= 4 is 27.3 Å². The summed E-state index contributed by atoms with van der Waals surface area (Å²) in [4.78, 5) is 9.96. The Kier molecular flexibility index (Phi) is 4.52. The van der Waals surface area contributed by atoms with Crippen LogP contribution in [0.1, 0.15) is 13.3 Å². The van der Waals surface area contributed by atoms with Gasteiger partial charge >= 0.3 is 0 Å². The summed E-state index contributed by atoms with van der Waals surface area (Å²) < 4.78 is 26.2. The summed E-state index contributed by atoms with van der Waals surface area (Å²) >= 11 is 5.68. The first-order chi connectivity index (χ1) is 9.73. The highest BCUT2D eigenvalue weighted by atomic mass is 35.5. The molecule has 1 N–H and O–H groups in total. The highest BCUT2D eigenvalue weighted by Crippen LogP contribution is 2.31. The first-order valence-corrected chi connectivity index (χ1v) is 8.17. The van der Waals surface area contributed by atoms with Crippen LogP contribution in [-0.2, 0) is 10.0 Å². The number of rotatable bonds is 4. The smallest absolute Gasteiger partial charge is 0.289 e. The second-order valence-electron chi connectivity index (χ2n) is 5.02. The van der Waals surface area contributed by atoms with Crippen molar-refractivity contribution in [2.75, 3.05) is 13.1 Å². The van der Waals surface area contributed by atoms with Gasteiger partial charge in [0.25, 0.3) is 5.69 Å². The molecule has 7 nitrogen and oxygen atoms in total. The van der Waals surface area contributed by atoms with Crippen molar-refractivity contribution in [1.29, 1.82) is 0 Å². The Hall–Kier alpha value is -1.22. The molecule has 2 rings (SSSR count). The van der Waals surface area contributed by atoms with Crippen molar-refractivity contribution in [3.05, 3.63) is 33.3 Å². The highest BCUT2D eigenvalue weighted by molar-refractivity contribution is 7.89. The fourth-order valence-electron chi connectivity index (χ4n) is 2.31. The van der Waals surface area contributed by atoms with Crippen LogP contribution in [0.15, 0.2) is 23.1 Å². The lowest BCUT2D eigenvalue weighted by Gasteiger charge is -2.17. The minimum Gasteiger partial charge on any atom is -0.393 e. The Morgan fingerprint density at radius 1 is 1.52 bits per heavy atom. The molecule has 1 aliphatic heterocycles. The lowest BCUT2D eigenvalue weighted by molar-refractivity contribution is -0.384. The number of aliphatic hydroxyl groups excluding tert-OH is 1. The van der Waals surface area contributed by atoms with E-state index in [-0.39, 0.29) is 28.9 Å². The zero-order valence-corrected chi connectivity index (χ0v) is 12.8. The van der Waals surface area contributed by atoms with Crippen LogP contribution in [0.4, 0.5) is 5.69 Å². The van der Waals surface area contributed by atoms with Gasteiger partial charge in [-0.25, -0.2) is 8.42 Å². The van der Waals surface area contributed by atoms with Crippen molar-refractivity contribution in [2.24, 2.45) is 5.92 Å². The summed E-state index contributed by atoms with van der Waals surface area (Å²) in [6.45, 7) is 2.11. The van der Waals surface area contributed by atoms with Crippen LogP contribution in [0.2, 0.25) is 5.02 Å². The van der Waals surface area contributed by atoms with Crippen LogP contribution in [0.3, 0.4) is 0 Å². The van der Waals surface area contributed by atoms with E-state index in [0.29, 0.717) is 6.42 Å². The number of aliphatic hydroxyl groups is 1. The number of nitro groups is 1. The normalized spacial score (nSPS) is 21.4. The maximum absolute atomic E-state index is 12.5. The lowest BCUT2D eigenvalue weighted by atomic mass is 10.0. The quantitative estimate of drug-likeness (QED) is 0.666. The van der Waals surface area contributed by atoms with E-state index in [1.165, 1.54) is 16.4 Å². The number of halogens is 1. The Morgan fingerprint density at radius 3 is 2.71 bits per heavy atom. The number of hydrogen-bond donors (Lipinski definition) is 1. The minimum absolute atomic E-state index is 0.109. The van der Waals surface area contributed by atoms with Gasteiger partial charge in [0.1, 0.15) is 5.02 Å². The zero-order valence-electron chi connectivity index (χ0n) is 11.3. The SMILES string of the molecule is CC(O)C1CCN(S(=O)(=O)c2ccc(Cl)c([N+](=O)[O-])c2)C1. The summed E-state index contributed by atoms with van der Waals surface area (Å²) in [5.41, 5.74) is -0.441. The first kappa shape index (κ1) is 16.2. The lowest BCUT2D eigenvalue weighted by Crippen LogP contribution is -2.30. The van der Waals surface area contributed by atoms with Crippen molar-refractivity contribution in [3.8, 4) is 0 Å². The number of benzene rings is 1. The molecule has 1 aromatic rings. The van der Waals surface area contributed by atoms with E-state index in [4.69, 9.17) is 11.6 Å². The molecule has 1 saturated heterocycles. The molecule has 1 aromatic carbocycles. The Morgan fingerprint density at radius 2 is 2.19 bits per heavy atom. The molecule has 0 aliphatic carbocycles. The molecule has 0 radical (unpaired) electrons. The molecule has 1 aliphatic rings. The predicted molar refractivity (Wildman–Crippen MR) is 76.7 cm³/mol. The Labute approximate surface area is 127 Å². The maximum atomic E-state index is 12.5. The number of sulfonamides is 1. The predicted octanol–water partition coefficient (Wildman–Crippen LogP) is 1.64. The third-order valence-corrected chi connectivity index (χ3v) is 5.80. The van der Waals surface area contributed by atoms with Gasteiger partial charge < -0.3 is 5.11 Å². The molecule has 21 heavy (non-hydrogen) atoms. The molecule has 1 heterocycles. The second-order valence-corrected chi connectivity index (χ2v) is 7.37. The van der Waals surface area contributed by atoms with Crippen LogP contribution < -0.4 is 0 Å². The van der Waals surface area contributed by atoms with Crippen molar-refractivity contribution in [2.45, 2.75) is 24.3 Å². The topological polar surface area (TPSA) is 101 Å². The van der Waals surface area contributed by atoms with E-state index in [1.54, 1.807) is 6.92 Å². The van der Waals surface area contributed by atoms with Gasteiger partial charge in [-0.05, 0) is 31.4 Å². The fraction of sp³-hybridized carbons (Fsp3) is 0.500. The van der Waals surface area contributed by atoms with E-state index in [2.05, 4.69) is 0 Å². The standard InChI is InChI=1S/C12H15ClN2O5S/c1-8(16)9-4-5-14(7-9)21(19,20)10-2-3-11(13)12(6-10)15(17)18/h2-3,6,8-9,16H,4-5,7H2,1H3. The monoisotopic (exact) mass is 334 g/mol. The Balaban J connectivity index is 2.33. The van der Waals surface area contributed by atoms with E-state index in [1.807, 2.05) is 0 Å². The van der Waals surface area contributed by atoms with Crippen molar-refractivity contribution < 1.29 is 18.4 Å². The molecule has 0 saturated carbocycles. The molecular formula is C12H15ClN2O5S. The van der Waals surface area contributed by atoms with E-state index in [9.17, 15) is 23.6 Å². The third kappa shape index (κ3) is 3.18. The number of hydrogen-bond acceptors (Lipinski definition) is 5. The maximum Gasteiger partial charge on any atom is 0.289 e. The molecule has 2 atom stereocenters. The van der Waals surface area contributed by atoms with Crippen LogP contribution in [0.5, 0.6) is 0 Å². The molecule has 9 heteroatoms. The van der Waals surface area contributed by atoms with Crippen molar-refractivity contribution in [3.63, 3.8) is 0 Å². The van der Waals surface area contributed by atoms with Gasteiger partial charge in [0, 0.05) is 19.2 Å². The van der Waals surface area contributed by atoms with Gasteiger partial charge in [-0.15, -0.1) is 0 Å². The van der Waals surface area contributed by atoms with Gasteiger partial charge in [0.2, 0.25) is 10.0 Å². The summed E-state index contributed by atoms with van der Waals surface area (Å²) in [5, 5.41) is 20.3. The molecule has 2 unspecified atom stereocenters. The highest BCUT2D eigenvalue weighted by Gasteiger charge is 2.35. The average molecular weight is 335 g/mol. The van der Waals surface area contributed by atoms with Crippen LogP contribution >= 0.6 is 11.6 Å². The largest absolute Gasteiger partial charge is 0.393 e. The second kappa shape index (κ2) is 5.88. The van der Waals surface area contributed by atoms with Gasteiger partial charge in [-0.2, -0.15) is 4.31 Å². The zero-order chi connectivity index (χ0) is 15.8. The van der Waals surface area contributed by atoms with Crippen molar-refractivity contribution in [1.82, 2.24) is 4.31 Å². The molecule has 116 valence electrons. The minimum atomic E-state index is -3.82. The summed E-state index contributed by atoms with van der Waals surface area (Å²) in [6.07, 6.45) is -0.0307. The summed E-state index contributed by atoms with van der Waals surface area (Å²) in [5.74, 6) is -0.123. The summed E-state index contributed by atoms with van der Waals surface area (Å²) in [6, 6.07) is 3.42. The molecular weight excluding hydrogens is 320 g/mol. The Bertz CT molecular complexity index is 662. The van der Waals surface area contributed by atoms with Crippen LogP contribution in [0.25, 0.3) is 0 Å². The number of nitrogens with zero attached hydrogens (tertiary/aromatic N) is 2. The molecule has 0 aromatic heterocycles. The van der Waals surface area contributed by atoms with Crippen LogP contribution in [0, 0.1) is 16.0 Å². The van der Waals surface area contributed by atoms with E-state index >= 15 is 0 Å². The van der Waals surface area contributed by atoms with Gasteiger partial charge in [0.15, 0.2) is 0 Å². The molecule has 1 fully saturated rings. The number of nitro benzene ring substituents is 1. The van der Waals surface area contributed by atoms with E-state index in [0.717, 1.165) is 6.07 Å². The van der Waals surface area contributed by atoms with Gasteiger partial charge in [0.05, 0.1) is 15.9 Å². The van der Waals surface area contributed by atoms with Gasteiger partial charge in [-0.1, -0.05) is 11.6 Å². The third-order valence-electron chi connectivity index (χ3n) is 3.62.